The van der Waals surface area contributed by atoms with Crippen molar-refractivity contribution in [1.82, 2.24) is 25.6 Å². The van der Waals surface area contributed by atoms with Gasteiger partial charge in [0.25, 0.3) is 0 Å². The van der Waals surface area contributed by atoms with Crippen LogP contribution in [0.1, 0.15) is 60.2 Å². The molecule has 1 unspecified atom stereocenters. The lowest BCUT2D eigenvalue weighted by Gasteiger charge is -2.27. The lowest BCUT2D eigenvalue weighted by molar-refractivity contribution is -0.138. The molecule has 1 saturated heterocycles. The number of H-pyrrole nitrogens is 1. The molecule has 37 heavy (non-hydrogen) atoms. The van der Waals surface area contributed by atoms with Crippen LogP contribution in [0.4, 0.5) is 17.6 Å². The quantitative estimate of drug-likeness (QED) is 0.457. The molecule has 0 aliphatic carbocycles. The van der Waals surface area contributed by atoms with E-state index in [1.807, 2.05) is 0 Å². The van der Waals surface area contributed by atoms with Gasteiger partial charge in [-0.15, -0.1) is 0 Å². The predicted molar refractivity (Wildman–Crippen MR) is 127 cm³/mol. The zero-order valence-corrected chi connectivity index (χ0v) is 20.3. The van der Waals surface area contributed by atoms with Gasteiger partial charge in [-0.3, -0.25) is 9.59 Å². The number of carbonyl (C=O) groups excluding carboxylic acids is 2. The standard InChI is InChI=1S/C26H27F4N5O2/c1-15(2)20-9-8-17(10-21(20)26(28,29)30)24(16-6-4-3-5-7-16)32-25(37)22-11-18(27)14-35(22)23(36)12-19-13-31-34-33-19/h3-10,13,15,18,22,24H,11-12,14H2,1-2H3,(H,32,37)(H,31,33,34)/t18-,22+,24?/m1/s1. The topological polar surface area (TPSA) is 91.0 Å². The van der Waals surface area contributed by atoms with Crippen molar-refractivity contribution in [3.8, 4) is 0 Å². The van der Waals surface area contributed by atoms with Crippen LogP contribution < -0.4 is 5.32 Å². The second-order valence-electron chi connectivity index (χ2n) is 9.38. The van der Waals surface area contributed by atoms with Crippen molar-refractivity contribution in [3.05, 3.63) is 82.7 Å². The van der Waals surface area contributed by atoms with Gasteiger partial charge in [-0.05, 0) is 28.7 Å². The Morgan fingerprint density at radius 1 is 1.14 bits per heavy atom. The van der Waals surface area contributed by atoms with Crippen LogP contribution in [0.2, 0.25) is 0 Å². The van der Waals surface area contributed by atoms with Gasteiger partial charge in [-0.2, -0.15) is 28.6 Å². The van der Waals surface area contributed by atoms with Gasteiger partial charge >= 0.3 is 6.18 Å². The molecule has 1 aliphatic rings. The SMILES string of the molecule is CC(C)c1ccc(C(NC(=O)[C@@H]2C[C@@H](F)CN2C(=O)Cc2cn[nH]n2)c2ccccc2)cc1C(F)(F)F. The summed E-state index contributed by atoms with van der Waals surface area (Å²) in [5.41, 5.74) is 0.501. The van der Waals surface area contributed by atoms with E-state index in [0.29, 0.717) is 11.3 Å². The van der Waals surface area contributed by atoms with E-state index < -0.39 is 41.8 Å². The van der Waals surface area contributed by atoms with E-state index in [1.165, 1.54) is 12.3 Å². The van der Waals surface area contributed by atoms with E-state index in [1.54, 1.807) is 50.2 Å². The first-order valence-electron chi connectivity index (χ1n) is 11.9. The van der Waals surface area contributed by atoms with E-state index in [0.717, 1.165) is 11.0 Å². The van der Waals surface area contributed by atoms with Crippen LogP contribution in [0.5, 0.6) is 0 Å². The molecule has 3 aromatic rings. The third kappa shape index (κ3) is 5.98. The van der Waals surface area contributed by atoms with Gasteiger partial charge in [-0.25, -0.2) is 4.39 Å². The number of likely N-dealkylation sites (tertiary alicyclic amines) is 1. The summed E-state index contributed by atoms with van der Waals surface area (Å²) in [5.74, 6) is -1.50. The average Bonchev–Trinajstić information content (AvgIpc) is 3.51. The number of alkyl halides is 4. The summed E-state index contributed by atoms with van der Waals surface area (Å²) in [7, 11) is 0. The molecular weight excluding hydrogens is 490 g/mol. The molecule has 1 aromatic heterocycles. The molecule has 2 amide bonds. The molecule has 4 rings (SSSR count). The Morgan fingerprint density at radius 2 is 1.86 bits per heavy atom. The largest absolute Gasteiger partial charge is 0.416 e. The van der Waals surface area contributed by atoms with Crippen molar-refractivity contribution in [1.29, 1.82) is 0 Å². The molecule has 1 fully saturated rings. The fraction of sp³-hybridized carbons (Fsp3) is 0.385. The lowest BCUT2D eigenvalue weighted by Crippen LogP contribution is -2.47. The highest BCUT2D eigenvalue weighted by molar-refractivity contribution is 5.89. The number of amides is 2. The molecule has 0 bridgehead atoms. The first-order chi connectivity index (χ1) is 17.5. The van der Waals surface area contributed by atoms with Crippen molar-refractivity contribution in [3.63, 3.8) is 0 Å². The molecule has 2 N–H and O–H groups in total. The van der Waals surface area contributed by atoms with Gasteiger partial charge in [0.1, 0.15) is 12.2 Å². The maximum atomic E-state index is 14.4. The number of hydrogen-bond donors (Lipinski definition) is 2. The summed E-state index contributed by atoms with van der Waals surface area (Å²) in [6, 6.07) is 10.5. The highest BCUT2D eigenvalue weighted by atomic mass is 19.4. The number of hydrogen-bond acceptors (Lipinski definition) is 4. The minimum absolute atomic E-state index is 0.148. The van der Waals surface area contributed by atoms with E-state index >= 15 is 0 Å². The van der Waals surface area contributed by atoms with Gasteiger partial charge in [-0.1, -0.05) is 56.3 Å². The molecule has 0 spiro atoms. The fourth-order valence-electron chi connectivity index (χ4n) is 4.62. The van der Waals surface area contributed by atoms with E-state index in [2.05, 4.69) is 20.7 Å². The Balaban J connectivity index is 1.65. The maximum absolute atomic E-state index is 14.4. The normalized spacial score (nSPS) is 18.7. The molecule has 2 aromatic carbocycles. The molecular formula is C26H27F4N5O2. The van der Waals surface area contributed by atoms with Crippen LogP contribution in [0.3, 0.4) is 0 Å². The summed E-state index contributed by atoms with van der Waals surface area (Å²) in [4.78, 5) is 27.4. The van der Waals surface area contributed by atoms with Gasteiger partial charge in [0.15, 0.2) is 0 Å². The molecule has 2 heterocycles. The van der Waals surface area contributed by atoms with Crippen LogP contribution in [0.15, 0.2) is 54.7 Å². The number of aromatic nitrogens is 3. The summed E-state index contributed by atoms with van der Waals surface area (Å²) >= 11 is 0. The van der Waals surface area contributed by atoms with Crippen molar-refractivity contribution in [2.45, 2.75) is 57.0 Å². The highest BCUT2D eigenvalue weighted by Gasteiger charge is 2.41. The van der Waals surface area contributed by atoms with Crippen LogP contribution in [-0.2, 0) is 22.2 Å². The minimum Gasteiger partial charge on any atom is -0.343 e. The van der Waals surface area contributed by atoms with Gasteiger partial charge in [0.05, 0.1) is 36.5 Å². The number of halogens is 4. The van der Waals surface area contributed by atoms with Gasteiger partial charge in [0.2, 0.25) is 11.8 Å². The molecule has 0 saturated carbocycles. The average molecular weight is 518 g/mol. The number of rotatable bonds is 7. The smallest absolute Gasteiger partial charge is 0.343 e. The highest BCUT2D eigenvalue weighted by Crippen LogP contribution is 2.38. The molecule has 11 heteroatoms. The molecule has 3 atom stereocenters. The number of aromatic amines is 1. The van der Waals surface area contributed by atoms with Crippen LogP contribution in [-0.4, -0.2) is 50.9 Å². The number of benzene rings is 2. The van der Waals surface area contributed by atoms with Crippen molar-refractivity contribution in [2.75, 3.05) is 6.54 Å². The summed E-state index contributed by atoms with van der Waals surface area (Å²) in [6.07, 6.45) is -5.01. The Kier molecular flexibility index (Phi) is 7.60. The number of nitrogens with one attached hydrogen (secondary N) is 2. The minimum atomic E-state index is -4.59. The maximum Gasteiger partial charge on any atom is 0.416 e. The zero-order chi connectivity index (χ0) is 26.7. The van der Waals surface area contributed by atoms with Crippen LogP contribution in [0, 0.1) is 0 Å². The van der Waals surface area contributed by atoms with Crippen LogP contribution in [0.25, 0.3) is 0 Å². The summed E-state index contributed by atoms with van der Waals surface area (Å²) < 4.78 is 56.1. The van der Waals surface area contributed by atoms with E-state index in [4.69, 9.17) is 0 Å². The molecule has 0 radical (unpaired) electrons. The van der Waals surface area contributed by atoms with Crippen molar-refractivity contribution < 1.29 is 27.2 Å². The van der Waals surface area contributed by atoms with Gasteiger partial charge < -0.3 is 10.2 Å². The number of carbonyl (C=O) groups is 2. The third-order valence-corrected chi connectivity index (χ3v) is 6.43. The fourth-order valence-corrected chi connectivity index (χ4v) is 4.62. The summed E-state index contributed by atoms with van der Waals surface area (Å²) in [5, 5.41) is 12.6. The first-order valence-corrected chi connectivity index (χ1v) is 11.9. The number of nitrogens with zero attached hydrogens (tertiary/aromatic N) is 3. The van der Waals surface area contributed by atoms with Crippen molar-refractivity contribution >= 4 is 11.8 Å². The Bertz CT molecular complexity index is 1230. The molecule has 7 nitrogen and oxygen atoms in total. The van der Waals surface area contributed by atoms with Crippen LogP contribution >= 0.6 is 0 Å². The molecule has 196 valence electrons. The van der Waals surface area contributed by atoms with E-state index in [9.17, 15) is 27.2 Å². The monoisotopic (exact) mass is 517 g/mol. The first kappa shape index (κ1) is 26.3. The second kappa shape index (κ2) is 10.7. The van der Waals surface area contributed by atoms with Crippen molar-refractivity contribution in [2.24, 2.45) is 0 Å². The second-order valence-corrected chi connectivity index (χ2v) is 9.38. The predicted octanol–water partition coefficient (Wildman–Crippen LogP) is 4.33. The summed E-state index contributed by atoms with van der Waals surface area (Å²) in [6.45, 7) is 3.10. The zero-order valence-electron chi connectivity index (χ0n) is 20.3. The Morgan fingerprint density at radius 3 is 2.49 bits per heavy atom. The Labute approximate surface area is 211 Å². The lowest BCUT2D eigenvalue weighted by atomic mass is 9.90. The molecule has 1 aliphatic heterocycles. The Hall–Kier alpha value is -3.76. The van der Waals surface area contributed by atoms with E-state index in [-0.39, 0.29) is 36.4 Å². The third-order valence-electron chi connectivity index (χ3n) is 6.43. The van der Waals surface area contributed by atoms with Gasteiger partial charge in [0, 0.05) is 6.42 Å².